The van der Waals surface area contributed by atoms with Gasteiger partial charge in [0.05, 0.1) is 0 Å². The van der Waals surface area contributed by atoms with Crippen LogP contribution in [0.4, 0.5) is 0 Å². The number of hydrogen-bond acceptors (Lipinski definition) is 0. The molecule has 2 heteroatoms. The van der Waals surface area contributed by atoms with Gasteiger partial charge in [-0.2, -0.15) is 0 Å². The second-order valence-electron chi connectivity index (χ2n) is 7.27. The normalized spacial score (nSPS) is 30.7. The smallest absolute Gasteiger partial charge is 0.0162 e. The molecule has 16 heavy (non-hydrogen) atoms. The molecule has 0 spiro atoms. The molecule has 1 rings (SSSR count). The fraction of sp³-hybridized carbons (Fsp3) is 0.857. The van der Waals surface area contributed by atoms with Crippen LogP contribution < -0.4 is 0 Å². The van der Waals surface area contributed by atoms with Gasteiger partial charge in [0.15, 0.2) is 0 Å². The summed E-state index contributed by atoms with van der Waals surface area (Å²) < 4.78 is 0. The van der Waals surface area contributed by atoms with Gasteiger partial charge < -0.3 is 0 Å². The molecule has 1 fully saturated rings. The summed E-state index contributed by atoms with van der Waals surface area (Å²) in [6.45, 7) is 23.5. The maximum absolute atomic E-state index is 4.21. The summed E-state index contributed by atoms with van der Waals surface area (Å²) in [5.74, 6) is 0. The quantitative estimate of drug-likeness (QED) is 0.433. The van der Waals surface area contributed by atoms with Gasteiger partial charge >= 0.3 is 0 Å². The molecule has 0 nitrogen and oxygen atoms in total. The lowest BCUT2D eigenvalue weighted by Gasteiger charge is -2.43. The van der Waals surface area contributed by atoms with Crippen LogP contribution in [0.25, 0.3) is 0 Å². The van der Waals surface area contributed by atoms with Crippen LogP contribution in [-0.4, -0.2) is 21.6 Å². The van der Waals surface area contributed by atoms with E-state index >= 15 is 0 Å². The van der Waals surface area contributed by atoms with Gasteiger partial charge in [0, 0.05) is 5.16 Å². The van der Waals surface area contributed by atoms with E-state index in [1.807, 2.05) is 0 Å². The van der Waals surface area contributed by atoms with E-state index < -0.39 is 0 Å². The van der Waals surface area contributed by atoms with Crippen LogP contribution in [0.2, 0.25) is 0 Å². The molecule has 1 heterocycles. The fourth-order valence-electron chi connectivity index (χ4n) is 2.63. The van der Waals surface area contributed by atoms with Gasteiger partial charge in [-0.3, -0.25) is 0 Å². The van der Waals surface area contributed by atoms with Gasteiger partial charge in [-0.15, -0.1) is 0 Å². The third-order valence-corrected chi connectivity index (χ3v) is 15.4. The SMILES string of the molecule is C=C(C)C1(C)CP1P(C(C)(C)C)C(C)(C)C. The minimum atomic E-state index is 0.0930. The number of hydrogen-bond donors (Lipinski definition) is 0. The molecule has 0 radical (unpaired) electrons. The zero-order valence-corrected chi connectivity index (χ0v) is 14.1. The second kappa shape index (κ2) is 4.07. The fourth-order valence-corrected chi connectivity index (χ4v) is 15.9. The molecule has 0 aliphatic carbocycles. The highest BCUT2D eigenvalue weighted by molar-refractivity contribution is 8.35. The molecule has 0 N–H and O–H groups in total. The first-order valence-corrected chi connectivity index (χ1v) is 9.72. The Morgan fingerprint density at radius 1 is 1.12 bits per heavy atom. The molecule has 1 aliphatic heterocycles. The van der Waals surface area contributed by atoms with Gasteiger partial charge in [0.2, 0.25) is 0 Å². The zero-order chi connectivity index (χ0) is 12.9. The Morgan fingerprint density at radius 2 is 1.50 bits per heavy atom. The van der Waals surface area contributed by atoms with Crippen LogP contribution in [0, 0.1) is 0 Å². The highest BCUT2D eigenvalue weighted by atomic mass is 32.1. The van der Waals surface area contributed by atoms with Crippen LogP contribution in [-0.2, 0) is 0 Å². The molecule has 0 aromatic heterocycles. The molecular formula is C14H28P2. The van der Waals surface area contributed by atoms with Crippen molar-refractivity contribution in [2.24, 2.45) is 0 Å². The first kappa shape index (κ1) is 14.7. The van der Waals surface area contributed by atoms with Gasteiger partial charge in [0.25, 0.3) is 0 Å². The largest absolute Gasteiger partial charge is 0.0992 e. The van der Waals surface area contributed by atoms with Crippen molar-refractivity contribution in [2.45, 2.75) is 70.9 Å². The Balaban J connectivity index is 2.97. The van der Waals surface area contributed by atoms with Crippen molar-refractivity contribution in [3.05, 3.63) is 12.2 Å². The van der Waals surface area contributed by atoms with Crippen molar-refractivity contribution in [3.63, 3.8) is 0 Å². The summed E-state index contributed by atoms with van der Waals surface area (Å²) in [6.07, 6.45) is 1.43. The van der Waals surface area contributed by atoms with E-state index in [2.05, 4.69) is 62.0 Å². The lowest BCUT2D eigenvalue weighted by Crippen LogP contribution is -2.23. The third kappa shape index (κ3) is 2.70. The lowest BCUT2D eigenvalue weighted by atomic mass is 10.1. The average molecular weight is 258 g/mol. The third-order valence-electron chi connectivity index (χ3n) is 3.36. The molecule has 0 aromatic rings. The first-order chi connectivity index (χ1) is 6.90. The Labute approximate surface area is 105 Å². The molecule has 2 unspecified atom stereocenters. The van der Waals surface area contributed by atoms with Crippen LogP contribution in [0.15, 0.2) is 12.2 Å². The summed E-state index contributed by atoms with van der Waals surface area (Å²) in [5.41, 5.74) is 1.42. The van der Waals surface area contributed by atoms with Gasteiger partial charge in [0.1, 0.15) is 0 Å². The minimum absolute atomic E-state index is 0.0930. The minimum Gasteiger partial charge on any atom is -0.0992 e. The molecular weight excluding hydrogens is 230 g/mol. The van der Waals surface area contributed by atoms with Crippen LogP contribution >= 0.6 is 15.2 Å². The molecule has 1 saturated heterocycles. The van der Waals surface area contributed by atoms with Crippen molar-refractivity contribution in [3.8, 4) is 0 Å². The second-order valence-corrected chi connectivity index (χ2v) is 15.3. The molecule has 0 bridgehead atoms. The van der Waals surface area contributed by atoms with Crippen molar-refractivity contribution in [1.29, 1.82) is 0 Å². The molecule has 0 saturated carbocycles. The van der Waals surface area contributed by atoms with Crippen molar-refractivity contribution in [1.82, 2.24) is 0 Å². The predicted molar refractivity (Wildman–Crippen MR) is 81.4 cm³/mol. The van der Waals surface area contributed by atoms with Crippen LogP contribution in [0.3, 0.4) is 0 Å². The Kier molecular flexibility index (Phi) is 3.72. The molecule has 0 aromatic carbocycles. The van der Waals surface area contributed by atoms with Crippen LogP contribution in [0.5, 0.6) is 0 Å². The molecule has 2 atom stereocenters. The van der Waals surface area contributed by atoms with Crippen LogP contribution in [0.1, 0.15) is 55.4 Å². The van der Waals surface area contributed by atoms with E-state index in [4.69, 9.17) is 0 Å². The molecule has 94 valence electrons. The van der Waals surface area contributed by atoms with Crippen molar-refractivity contribution < 1.29 is 0 Å². The van der Waals surface area contributed by atoms with E-state index in [9.17, 15) is 0 Å². The standard InChI is InChI=1S/C14H28P2/c1-11(2)14(9)10-15(14)16(12(3,4)5)13(6,7)8/h1,10H2,2-9H3. The maximum Gasteiger partial charge on any atom is 0.0162 e. The maximum atomic E-state index is 4.21. The number of allylic oxidation sites excluding steroid dienone is 1. The van der Waals surface area contributed by atoms with Gasteiger partial charge in [-0.25, -0.2) is 0 Å². The van der Waals surface area contributed by atoms with E-state index in [1.54, 1.807) is 0 Å². The predicted octanol–water partition coefficient (Wildman–Crippen LogP) is 5.81. The Hall–Kier alpha value is 0.600. The molecule has 1 aliphatic rings. The Morgan fingerprint density at radius 3 is 1.69 bits per heavy atom. The summed E-state index contributed by atoms with van der Waals surface area (Å²) >= 11 is 0. The zero-order valence-electron chi connectivity index (χ0n) is 12.3. The van der Waals surface area contributed by atoms with E-state index in [-0.39, 0.29) is 15.2 Å². The molecule has 0 amide bonds. The highest BCUT2D eigenvalue weighted by Crippen LogP contribution is 2.94. The lowest BCUT2D eigenvalue weighted by molar-refractivity contribution is 0.719. The van der Waals surface area contributed by atoms with E-state index in [0.717, 1.165) is 0 Å². The van der Waals surface area contributed by atoms with E-state index in [0.29, 0.717) is 15.5 Å². The Bertz CT molecular complexity index is 279. The monoisotopic (exact) mass is 258 g/mol. The topological polar surface area (TPSA) is 0 Å². The highest BCUT2D eigenvalue weighted by Gasteiger charge is 2.58. The van der Waals surface area contributed by atoms with Gasteiger partial charge in [-0.1, -0.05) is 75.8 Å². The van der Waals surface area contributed by atoms with Crippen molar-refractivity contribution in [2.75, 3.05) is 6.16 Å². The first-order valence-electron chi connectivity index (χ1n) is 6.14. The summed E-state index contributed by atoms with van der Waals surface area (Å²) in [5, 5.41) is 1.46. The summed E-state index contributed by atoms with van der Waals surface area (Å²) in [6, 6.07) is 0. The van der Waals surface area contributed by atoms with Crippen molar-refractivity contribution >= 4 is 15.2 Å². The van der Waals surface area contributed by atoms with E-state index in [1.165, 1.54) is 11.7 Å². The average Bonchev–Trinajstić information content (AvgIpc) is 2.56. The summed E-state index contributed by atoms with van der Waals surface area (Å²) in [7, 11) is 0.283. The summed E-state index contributed by atoms with van der Waals surface area (Å²) in [4.78, 5) is 0. The number of rotatable bonds is 2. The van der Waals surface area contributed by atoms with Gasteiger partial charge in [-0.05, 0) is 23.4 Å².